The maximum Gasteiger partial charge on any atom is 0.337 e. The summed E-state index contributed by atoms with van der Waals surface area (Å²) in [4.78, 5) is 13.4. The van der Waals surface area contributed by atoms with Crippen molar-refractivity contribution in [3.8, 4) is 11.3 Å². The van der Waals surface area contributed by atoms with Gasteiger partial charge in [-0.1, -0.05) is 36.4 Å². The van der Waals surface area contributed by atoms with Crippen molar-refractivity contribution in [3.05, 3.63) is 53.6 Å². The molecule has 1 aromatic heterocycles. The maximum atomic E-state index is 11.3. The number of hydrogen-bond acceptors (Lipinski definition) is 3. The van der Waals surface area contributed by atoms with Crippen LogP contribution in [0.2, 0.25) is 0 Å². The van der Waals surface area contributed by atoms with Gasteiger partial charge in [-0.15, -0.1) is 0 Å². The van der Waals surface area contributed by atoms with Gasteiger partial charge in [0.25, 0.3) is 0 Å². The molecule has 0 atom stereocenters. The van der Waals surface area contributed by atoms with E-state index in [1.54, 1.807) is 12.1 Å². The van der Waals surface area contributed by atoms with E-state index in [-0.39, 0.29) is 5.56 Å². The van der Waals surface area contributed by atoms with Crippen LogP contribution >= 0.6 is 0 Å². The van der Waals surface area contributed by atoms with E-state index in [2.05, 4.69) is 21.2 Å². The molecule has 0 saturated heterocycles. The number of carboxylic acids is 1. The number of rotatable bonds is 4. The molecule has 0 aliphatic heterocycles. The van der Waals surface area contributed by atoms with Crippen LogP contribution in [0.1, 0.15) is 15.9 Å². The van der Waals surface area contributed by atoms with Crippen molar-refractivity contribution < 1.29 is 9.90 Å². The summed E-state index contributed by atoms with van der Waals surface area (Å²) >= 11 is 0. The highest BCUT2D eigenvalue weighted by Crippen LogP contribution is 2.30. The Morgan fingerprint density at radius 1 is 1.18 bits per heavy atom. The van der Waals surface area contributed by atoms with E-state index in [1.807, 2.05) is 38.4 Å². The van der Waals surface area contributed by atoms with Gasteiger partial charge in [-0.3, -0.25) is 5.10 Å². The van der Waals surface area contributed by atoms with Gasteiger partial charge < -0.3 is 10.0 Å². The second-order valence-corrected chi connectivity index (χ2v) is 5.50. The molecule has 5 nitrogen and oxygen atoms in total. The second kappa shape index (κ2) is 5.61. The predicted molar refractivity (Wildman–Crippen MR) is 85.9 cm³/mol. The van der Waals surface area contributed by atoms with Crippen LogP contribution in [0.25, 0.3) is 22.2 Å². The number of aromatic nitrogens is 2. The molecule has 0 saturated carbocycles. The number of fused-ring (bicyclic) bond motifs is 1. The average molecular weight is 295 g/mol. The number of nitrogens with zero attached hydrogens (tertiary/aromatic N) is 2. The summed E-state index contributed by atoms with van der Waals surface area (Å²) in [5.41, 5.74) is 3.77. The number of nitrogens with one attached hydrogen (secondary N) is 1. The highest BCUT2D eigenvalue weighted by molar-refractivity contribution is 6.05. The summed E-state index contributed by atoms with van der Waals surface area (Å²) in [6.45, 7) is 0.801. The molecule has 5 heteroatoms. The van der Waals surface area contributed by atoms with E-state index in [9.17, 15) is 9.90 Å². The number of aromatic carboxylic acids is 1. The molecule has 0 aliphatic carbocycles. The topological polar surface area (TPSA) is 69.2 Å². The van der Waals surface area contributed by atoms with Crippen LogP contribution in [0.4, 0.5) is 0 Å². The fraction of sp³-hybridized carbons (Fsp3) is 0.176. The van der Waals surface area contributed by atoms with E-state index in [1.165, 1.54) is 5.56 Å². The minimum absolute atomic E-state index is 0.213. The summed E-state index contributed by atoms with van der Waals surface area (Å²) in [6.07, 6.45) is 0. The van der Waals surface area contributed by atoms with Gasteiger partial charge >= 0.3 is 5.97 Å². The number of aromatic amines is 1. The first kappa shape index (κ1) is 14.3. The number of H-pyrrole nitrogens is 1. The molecule has 1 heterocycles. The first-order valence-corrected chi connectivity index (χ1v) is 7.01. The Bertz CT molecular complexity index is 837. The molecule has 3 rings (SSSR count). The first-order chi connectivity index (χ1) is 10.6. The van der Waals surface area contributed by atoms with E-state index in [4.69, 9.17) is 0 Å². The molecule has 0 spiro atoms. The molecule has 0 fully saturated rings. The zero-order valence-corrected chi connectivity index (χ0v) is 12.5. The summed E-state index contributed by atoms with van der Waals surface area (Å²) < 4.78 is 0. The summed E-state index contributed by atoms with van der Waals surface area (Å²) in [6, 6.07) is 13.3. The fourth-order valence-corrected chi connectivity index (χ4v) is 2.66. The molecule has 0 bridgehead atoms. The SMILES string of the molecule is CN(C)Cc1ccccc1-c1[nH]nc2c(C(=O)O)cccc12. The van der Waals surface area contributed by atoms with Crippen molar-refractivity contribution in [2.45, 2.75) is 6.54 Å². The fourth-order valence-electron chi connectivity index (χ4n) is 2.66. The van der Waals surface area contributed by atoms with Gasteiger partial charge in [0.15, 0.2) is 0 Å². The zero-order chi connectivity index (χ0) is 15.7. The molecule has 0 radical (unpaired) electrons. The van der Waals surface area contributed by atoms with Crippen molar-refractivity contribution in [3.63, 3.8) is 0 Å². The lowest BCUT2D eigenvalue weighted by Crippen LogP contribution is -2.11. The van der Waals surface area contributed by atoms with Crippen LogP contribution in [-0.2, 0) is 6.54 Å². The van der Waals surface area contributed by atoms with Crippen LogP contribution in [0.15, 0.2) is 42.5 Å². The zero-order valence-electron chi connectivity index (χ0n) is 12.5. The quantitative estimate of drug-likeness (QED) is 0.776. The van der Waals surface area contributed by atoms with Crippen LogP contribution < -0.4 is 0 Å². The van der Waals surface area contributed by atoms with Gasteiger partial charge in [0.2, 0.25) is 0 Å². The van der Waals surface area contributed by atoms with Gasteiger partial charge in [0.1, 0.15) is 5.52 Å². The number of hydrogen-bond donors (Lipinski definition) is 2. The molecule has 0 aliphatic rings. The molecular weight excluding hydrogens is 278 g/mol. The number of carboxylic acid groups (broad SMARTS) is 1. The normalized spacial score (nSPS) is 11.2. The molecule has 112 valence electrons. The monoisotopic (exact) mass is 295 g/mol. The number of para-hydroxylation sites is 1. The Balaban J connectivity index is 2.20. The number of carbonyl (C=O) groups is 1. The third-order valence-electron chi connectivity index (χ3n) is 3.59. The average Bonchev–Trinajstić information content (AvgIpc) is 2.90. The van der Waals surface area contributed by atoms with Crippen molar-refractivity contribution in [1.82, 2.24) is 15.1 Å². The van der Waals surface area contributed by atoms with Gasteiger partial charge in [-0.2, -0.15) is 5.10 Å². The van der Waals surface area contributed by atoms with Crippen LogP contribution in [0.3, 0.4) is 0 Å². The highest BCUT2D eigenvalue weighted by Gasteiger charge is 2.16. The van der Waals surface area contributed by atoms with E-state index < -0.39 is 5.97 Å². The first-order valence-electron chi connectivity index (χ1n) is 7.01. The van der Waals surface area contributed by atoms with Crippen molar-refractivity contribution >= 4 is 16.9 Å². The van der Waals surface area contributed by atoms with Crippen LogP contribution in [0, 0.1) is 0 Å². The molecule has 22 heavy (non-hydrogen) atoms. The standard InChI is InChI=1S/C17H17N3O2/c1-20(2)10-11-6-3-4-7-12(11)15-13-8-5-9-14(17(21)22)16(13)19-18-15/h3-9H,10H2,1-2H3,(H,18,19)(H,21,22). The molecular formula is C17H17N3O2. The largest absolute Gasteiger partial charge is 0.478 e. The van der Waals surface area contributed by atoms with Crippen LogP contribution in [-0.4, -0.2) is 40.3 Å². The Hall–Kier alpha value is -2.66. The third-order valence-corrected chi connectivity index (χ3v) is 3.59. The van der Waals surface area contributed by atoms with Crippen molar-refractivity contribution in [1.29, 1.82) is 0 Å². The van der Waals surface area contributed by atoms with Crippen molar-refractivity contribution in [2.24, 2.45) is 0 Å². The number of benzene rings is 2. The van der Waals surface area contributed by atoms with Gasteiger partial charge in [0, 0.05) is 17.5 Å². The summed E-state index contributed by atoms with van der Waals surface area (Å²) in [7, 11) is 4.04. The maximum absolute atomic E-state index is 11.3. The lowest BCUT2D eigenvalue weighted by Gasteiger charge is -2.13. The third kappa shape index (κ3) is 2.46. The second-order valence-electron chi connectivity index (χ2n) is 5.50. The Labute approximate surface area is 128 Å². The molecule has 0 unspecified atom stereocenters. The Kier molecular flexibility index (Phi) is 3.65. The summed E-state index contributed by atoms with van der Waals surface area (Å²) in [5.74, 6) is -0.967. The smallest absolute Gasteiger partial charge is 0.337 e. The van der Waals surface area contributed by atoms with Crippen LogP contribution in [0.5, 0.6) is 0 Å². The van der Waals surface area contributed by atoms with Gasteiger partial charge in [0.05, 0.1) is 11.3 Å². The minimum Gasteiger partial charge on any atom is -0.478 e. The molecule has 2 N–H and O–H groups in total. The molecule has 0 amide bonds. The van der Waals surface area contributed by atoms with Crippen molar-refractivity contribution in [2.75, 3.05) is 14.1 Å². The predicted octanol–water partition coefficient (Wildman–Crippen LogP) is 2.99. The van der Waals surface area contributed by atoms with Gasteiger partial charge in [-0.25, -0.2) is 4.79 Å². The Morgan fingerprint density at radius 3 is 2.68 bits per heavy atom. The van der Waals surface area contributed by atoms with E-state index >= 15 is 0 Å². The lowest BCUT2D eigenvalue weighted by molar-refractivity contribution is 0.0699. The minimum atomic E-state index is -0.967. The summed E-state index contributed by atoms with van der Waals surface area (Å²) in [5, 5.41) is 17.3. The van der Waals surface area contributed by atoms with E-state index in [0.717, 1.165) is 23.2 Å². The molecule has 2 aromatic carbocycles. The lowest BCUT2D eigenvalue weighted by atomic mass is 10.0. The van der Waals surface area contributed by atoms with Gasteiger partial charge in [-0.05, 0) is 25.7 Å². The molecule has 3 aromatic rings. The highest BCUT2D eigenvalue weighted by atomic mass is 16.4. The van der Waals surface area contributed by atoms with E-state index in [0.29, 0.717) is 5.52 Å². The Morgan fingerprint density at radius 2 is 1.95 bits per heavy atom.